The summed E-state index contributed by atoms with van der Waals surface area (Å²) in [4.78, 5) is 30.6. The van der Waals surface area contributed by atoms with Gasteiger partial charge < -0.3 is 19.9 Å². The number of nitrogens with two attached hydrogens (primary N) is 1. The van der Waals surface area contributed by atoms with Crippen LogP contribution < -0.4 is 5.73 Å². The smallest absolute Gasteiger partial charge is 0.336 e. The first-order chi connectivity index (χ1) is 14.2. The number of benzene rings is 1. The zero-order valence-electron chi connectivity index (χ0n) is 18.0. The summed E-state index contributed by atoms with van der Waals surface area (Å²) in [6, 6.07) is 7.08. The molecule has 0 amide bonds. The van der Waals surface area contributed by atoms with Crippen molar-refractivity contribution in [3.63, 3.8) is 0 Å². The van der Waals surface area contributed by atoms with E-state index in [4.69, 9.17) is 31.5 Å². The van der Waals surface area contributed by atoms with Gasteiger partial charge in [-0.25, -0.2) is 4.79 Å². The van der Waals surface area contributed by atoms with Gasteiger partial charge in [0.05, 0.1) is 31.6 Å². The van der Waals surface area contributed by atoms with E-state index in [9.17, 15) is 9.59 Å². The number of rotatable bonds is 8. The molecule has 1 heterocycles. The highest BCUT2D eigenvalue weighted by molar-refractivity contribution is 6.31. The average Bonchev–Trinajstić information content (AvgIpc) is 2.71. The van der Waals surface area contributed by atoms with Crippen molar-refractivity contribution in [1.82, 2.24) is 0 Å². The van der Waals surface area contributed by atoms with Crippen molar-refractivity contribution < 1.29 is 23.8 Å². The van der Waals surface area contributed by atoms with Crippen molar-refractivity contribution in [1.29, 1.82) is 0 Å². The van der Waals surface area contributed by atoms with Gasteiger partial charge in [-0.3, -0.25) is 9.79 Å². The predicted molar refractivity (Wildman–Crippen MR) is 116 cm³/mol. The van der Waals surface area contributed by atoms with E-state index in [1.807, 2.05) is 0 Å². The van der Waals surface area contributed by atoms with Crippen LogP contribution in [0.15, 0.2) is 40.5 Å². The maximum absolute atomic E-state index is 13.2. The fourth-order valence-corrected chi connectivity index (χ4v) is 3.88. The van der Waals surface area contributed by atoms with Crippen molar-refractivity contribution in [2.24, 2.45) is 16.6 Å². The third-order valence-corrected chi connectivity index (χ3v) is 5.32. The molecule has 8 heteroatoms. The average molecular weight is 437 g/mol. The third kappa shape index (κ3) is 4.91. The number of hydrogen-bond donors (Lipinski definition) is 1. The summed E-state index contributed by atoms with van der Waals surface area (Å²) in [7, 11) is 1.30. The molecule has 0 aliphatic carbocycles. The van der Waals surface area contributed by atoms with Gasteiger partial charge >= 0.3 is 11.9 Å². The summed E-state index contributed by atoms with van der Waals surface area (Å²) in [5.41, 5.74) is 6.38. The largest absolute Gasteiger partial charge is 0.468 e. The van der Waals surface area contributed by atoms with Crippen LogP contribution in [0.3, 0.4) is 0 Å². The molecule has 2 rings (SSSR count). The summed E-state index contributed by atoms with van der Waals surface area (Å²) in [5.74, 6) is -2.66. The van der Waals surface area contributed by atoms with Crippen molar-refractivity contribution in [3.05, 3.63) is 46.1 Å². The minimum absolute atomic E-state index is 0.167. The highest BCUT2D eigenvalue weighted by atomic mass is 35.5. The minimum atomic E-state index is -0.955. The third-order valence-electron chi connectivity index (χ3n) is 4.98. The Morgan fingerprint density at radius 2 is 1.93 bits per heavy atom. The van der Waals surface area contributed by atoms with Crippen LogP contribution in [0.4, 0.5) is 0 Å². The number of nitrogens with zero attached hydrogens (tertiary/aromatic N) is 1. The summed E-state index contributed by atoms with van der Waals surface area (Å²) < 4.78 is 16.3. The molecule has 0 saturated heterocycles. The molecular weight excluding hydrogens is 408 g/mol. The molecule has 0 fully saturated rings. The topological polar surface area (TPSA) is 100 Å². The fraction of sp³-hybridized carbons (Fsp3) is 0.500. The van der Waals surface area contributed by atoms with Crippen molar-refractivity contribution in [2.45, 2.75) is 39.2 Å². The Kier molecular flexibility index (Phi) is 8.18. The van der Waals surface area contributed by atoms with Gasteiger partial charge in [0.25, 0.3) is 0 Å². The summed E-state index contributed by atoms with van der Waals surface area (Å²) in [5, 5.41) is 0.424. The van der Waals surface area contributed by atoms with E-state index < -0.39 is 29.4 Å². The number of ether oxygens (including phenoxy) is 3. The maximum Gasteiger partial charge on any atom is 0.336 e. The predicted octanol–water partition coefficient (Wildman–Crippen LogP) is 3.26. The second-order valence-electron chi connectivity index (χ2n) is 7.38. The lowest BCUT2D eigenvalue weighted by atomic mass is 9.73. The van der Waals surface area contributed by atoms with Crippen LogP contribution in [-0.2, 0) is 23.8 Å². The van der Waals surface area contributed by atoms with Gasteiger partial charge in [0.1, 0.15) is 11.5 Å². The monoisotopic (exact) mass is 436 g/mol. The van der Waals surface area contributed by atoms with Crippen molar-refractivity contribution >= 4 is 29.3 Å². The quantitative estimate of drug-likeness (QED) is 0.628. The van der Waals surface area contributed by atoms with E-state index >= 15 is 0 Å². The standard InChI is InChI=1S/C22H29ClN2O5/c1-6-29-21(27)18-17(14-9-7-8-10-15(14)23)16(20(26)28-5)13(2)25-19(18)22(3,4)30-12-11-24/h7-10,16-17H,6,11-12,24H2,1-5H3. The van der Waals surface area contributed by atoms with Gasteiger partial charge in [-0.05, 0) is 39.3 Å². The van der Waals surface area contributed by atoms with E-state index in [1.54, 1.807) is 52.0 Å². The van der Waals surface area contributed by atoms with Crippen LogP contribution in [0, 0.1) is 5.92 Å². The lowest BCUT2D eigenvalue weighted by Crippen LogP contribution is -2.41. The molecule has 0 radical (unpaired) electrons. The fourth-order valence-electron chi connectivity index (χ4n) is 3.63. The molecule has 1 aromatic rings. The Balaban J connectivity index is 2.83. The van der Waals surface area contributed by atoms with E-state index in [2.05, 4.69) is 4.99 Å². The van der Waals surface area contributed by atoms with Crippen LogP contribution in [0.25, 0.3) is 0 Å². The first kappa shape index (κ1) is 24.1. The normalized spacial score (nSPS) is 19.4. The number of carbonyl (C=O) groups is 2. The Bertz CT molecular complexity index is 863. The van der Waals surface area contributed by atoms with Gasteiger partial charge in [0, 0.05) is 23.2 Å². The minimum Gasteiger partial charge on any atom is -0.468 e. The summed E-state index contributed by atoms with van der Waals surface area (Å²) >= 11 is 6.50. The van der Waals surface area contributed by atoms with Crippen LogP contribution in [-0.4, -0.2) is 50.1 Å². The first-order valence-corrected chi connectivity index (χ1v) is 10.2. The molecule has 0 saturated carbocycles. The molecule has 7 nitrogen and oxygen atoms in total. The number of methoxy groups -OCH3 is 1. The Hall–Kier alpha value is -2.22. The van der Waals surface area contributed by atoms with E-state index in [1.165, 1.54) is 7.11 Å². The number of carbonyl (C=O) groups excluding carboxylic acids is 2. The number of halogens is 1. The van der Waals surface area contributed by atoms with Crippen molar-refractivity contribution in [3.8, 4) is 0 Å². The van der Waals surface area contributed by atoms with E-state index in [0.29, 0.717) is 28.5 Å². The van der Waals surface area contributed by atoms with Crippen LogP contribution in [0.5, 0.6) is 0 Å². The molecule has 2 N–H and O–H groups in total. The molecule has 2 atom stereocenters. The lowest BCUT2D eigenvalue weighted by molar-refractivity contribution is -0.144. The molecule has 164 valence electrons. The molecule has 0 aromatic heterocycles. The Morgan fingerprint density at radius 1 is 1.27 bits per heavy atom. The van der Waals surface area contributed by atoms with E-state index in [0.717, 1.165) is 0 Å². The van der Waals surface area contributed by atoms with Gasteiger partial charge in [0.2, 0.25) is 0 Å². The van der Waals surface area contributed by atoms with Crippen LogP contribution in [0.1, 0.15) is 39.2 Å². The zero-order valence-corrected chi connectivity index (χ0v) is 18.8. The summed E-state index contributed by atoms with van der Waals surface area (Å²) in [6.45, 7) is 7.80. The highest BCUT2D eigenvalue weighted by Crippen LogP contribution is 2.45. The number of esters is 2. The van der Waals surface area contributed by atoms with Crippen LogP contribution >= 0.6 is 11.6 Å². The number of hydrogen-bond acceptors (Lipinski definition) is 7. The lowest BCUT2D eigenvalue weighted by Gasteiger charge is -2.37. The molecule has 30 heavy (non-hydrogen) atoms. The maximum atomic E-state index is 13.2. The van der Waals surface area contributed by atoms with E-state index in [-0.39, 0.29) is 18.8 Å². The molecule has 0 bridgehead atoms. The SMILES string of the molecule is CCOC(=O)C1=C(C(C)(C)OCCN)N=C(C)C(C(=O)OC)C1c1ccccc1Cl. The second kappa shape index (κ2) is 10.2. The van der Waals surface area contributed by atoms with Gasteiger partial charge in [-0.15, -0.1) is 0 Å². The Labute approximate surface area is 182 Å². The number of aliphatic imine (C=N–C) groups is 1. The zero-order chi connectivity index (χ0) is 22.5. The summed E-state index contributed by atoms with van der Waals surface area (Å²) in [6.07, 6.45) is 0. The first-order valence-electron chi connectivity index (χ1n) is 9.82. The molecular formula is C22H29ClN2O5. The molecule has 1 aliphatic heterocycles. The molecule has 0 spiro atoms. The molecule has 2 unspecified atom stereocenters. The molecule has 1 aliphatic rings. The Morgan fingerprint density at radius 3 is 2.50 bits per heavy atom. The molecule has 1 aromatic carbocycles. The van der Waals surface area contributed by atoms with Crippen LogP contribution in [0.2, 0.25) is 5.02 Å². The van der Waals surface area contributed by atoms with Gasteiger partial charge in [-0.2, -0.15) is 0 Å². The van der Waals surface area contributed by atoms with Crippen molar-refractivity contribution in [2.75, 3.05) is 26.9 Å². The highest BCUT2D eigenvalue weighted by Gasteiger charge is 2.46. The van der Waals surface area contributed by atoms with Gasteiger partial charge in [0.15, 0.2) is 0 Å². The second-order valence-corrected chi connectivity index (χ2v) is 7.79. The van der Waals surface area contributed by atoms with Gasteiger partial charge in [-0.1, -0.05) is 29.8 Å².